The number of benzene rings is 2. The third-order valence-corrected chi connectivity index (χ3v) is 6.84. The minimum atomic E-state index is -0.0598. The van der Waals surface area contributed by atoms with Crippen LogP contribution in [0.5, 0.6) is 5.75 Å². The molecule has 8 nitrogen and oxygen atoms in total. The first-order valence-corrected chi connectivity index (χ1v) is 12.4. The molecular weight excluding hydrogens is 476 g/mol. The van der Waals surface area contributed by atoms with Gasteiger partial charge in [0.1, 0.15) is 5.75 Å². The Hall–Kier alpha value is -3.62. The summed E-state index contributed by atoms with van der Waals surface area (Å²) in [4.78, 5) is 17.3. The molecule has 0 unspecified atom stereocenters. The molecule has 3 heterocycles. The zero-order valence-corrected chi connectivity index (χ0v) is 21.2. The number of piperazine rings is 1. The highest BCUT2D eigenvalue weighted by Gasteiger charge is 2.25. The summed E-state index contributed by atoms with van der Waals surface area (Å²) in [5.74, 6) is 0.522. The Morgan fingerprint density at radius 1 is 0.944 bits per heavy atom. The minimum absolute atomic E-state index is 0.0598. The summed E-state index contributed by atoms with van der Waals surface area (Å²) in [6.07, 6.45) is 1.75. The number of aryl methyl sites for hydroxylation is 1. The van der Waals surface area contributed by atoms with Crippen molar-refractivity contribution in [2.24, 2.45) is 0 Å². The van der Waals surface area contributed by atoms with Crippen molar-refractivity contribution in [3.8, 4) is 11.4 Å². The number of halogens is 1. The molecule has 1 fully saturated rings. The lowest BCUT2D eigenvalue weighted by atomic mass is 10.1. The monoisotopic (exact) mass is 504 g/mol. The van der Waals surface area contributed by atoms with E-state index in [2.05, 4.69) is 36.0 Å². The smallest absolute Gasteiger partial charge is 0.274 e. The van der Waals surface area contributed by atoms with Crippen molar-refractivity contribution < 1.29 is 9.53 Å². The summed E-state index contributed by atoms with van der Waals surface area (Å²) < 4.78 is 9.32. The number of carbonyl (C=O) groups is 1. The Morgan fingerprint density at radius 2 is 1.67 bits per heavy atom. The van der Waals surface area contributed by atoms with E-state index in [4.69, 9.17) is 21.4 Å². The molecule has 1 aliphatic rings. The molecule has 1 aliphatic heterocycles. The summed E-state index contributed by atoms with van der Waals surface area (Å²) in [5, 5.41) is 9.71. The number of nitrogens with zero attached hydrogens (tertiary/aromatic N) is 6. The van der Waals surface area contributed by atoms with Gasteiger partial charge in [-0.15, -0.1) is 0 Å². The quantitative estimate of drug-likeness (QED) is 0.374. The Kier molecular flexibility index (Phi) is 7.06. The van der Waals surface area contributed by atoms with Crippen molar-refractivity contribution >= 4 is 17.5 Å². The van der Waals surface area contributed by atoms with Gasteiger partial charge in [-0.05, 0) is 44.2 Å². The number of amides is 1. The van der Waals surface area contributed by atoms with Gasteiger partial charge in [0.25, 0.3) is 5.91 Å². The minimum Gasteiger partial charge on any atom is -0.470 e. The summed E-state index contributed by atoms with van der Waals surface area (Å²) in [6, 6.07) is 19.2. The van der Waals surface area contributed by atoms with E-state index in [1.165, 1.54) is 5.56 Å². The highest BCUT2D eigenvalue weighted by molar-refractivity contribution is 6.32. The fraction of sp³-hybridized carbons (Fsp3) is 0.296. The van der Waals surface area contributed by atoms with Gasteiger partial charge < -0.3 is 9.64 Å². The van der Waals surface area contributed by atoms with Crippen molar-refractivity contribution in [2.45, 2.75) is 27.1 Å². The molecule has 0 radical (unpaired) electrons. The summed E-state index contributed by atoms with van der Waals surface area (Å²) >= 11 is 6.13. The van der Waals surface area contributed by atoms with Crippen LogP contribution in [0.25, 0.3) is 5.69 Å². The molecule has 0 spiro atoms. The fourth-order valence-corrected chi connectivity index (χ4v) is 4.65. The zero-order chi connectivity index (χ0) is 25.1. The molecule has 9 heteroatoms. The molecule has 0 atom stereocenters. The van der Waals surface area contributed by atoms with Crippen LogP contribution >= 0.6 is 11.6 Å². The van der Waals surface area contributed by atoms with Crippen molar-refractivity contribution in [2.75, 3.05) is 26.2 Å². The van der Waals surface area contributed by atoms with Crippen molar-refractivity contribution in [3.63, 3.8) is 0 Å². The van der Waals surface area contributed by atoms with Crippen LogP contribution in [-0.4, -0.2) is 61.4 Å². The maximum atomic E-state index is 13.0. The summed E-state index contributed by atoms with van der Waals surface area (Å²) in [7, 11) is 0. The summed E-state index contributed by atoms with van der Waals surface area (Å²) in [5.41, 5.74) is 4.93. The number of aromatic nitrogens is 4. The van der Waals surface area contributed by atoms with E-state index < -0.39 is 0 Å². The largest absolute Gasteiger partial charge is 0.470 e. The van der Waals surface area contributed by atoms with Crippen LogP contribution in [0.15, 0.2) is 66.9 Å². The second-order valence-corrected chi connectivity index (χ2v) is 9.32. The van der Waals surface area contributed by atoms with Crippen molar-refractivity contribution in [3.05, 3.63) is 94.5 Å². The molecule has 1 amide bonds. The lowest BCUT2D eigenvalue weighted by molar-refractivity contribution is 0.0620. The van der Waals surface area contributed by atoms with Crippen LogP contribution in [0.3, 0.4) is 0 Å². The molecule has 2 aromatic carbocycles. The van der Waals surface area contributed by atoms with E-state index >= 15 is 0 Å². The third kappa shape index (κ3) is 5.15. The van der Waals surface area contributed by atoms with E-state index in [0.29, 0.717) is 29.6 Å². The molecule has 186 valence electrons. The highest BCUT2D eigenvalue weighted by atomic mass is 35.5. The molecule has 1 saturated heterocycles. The SMILES string of the molecule is Cc1nn(-c2ccccc2)c(C)c1CN1CCN(C(=O)c2ccn(COc3ccccc3Cl)n2)CC1. The van der Waals surface area contributed by atoms with E-state index in [1.54, 1.807) is 29.1 Å². The van der Waals surface area contributed by atoms with Crippen LogP contribution < -0.4 is 4.74 Å². The molecule has 5 rings (SSSR count). The van der Waals surface area contributed by atoms with E-state index in [9.17, 15) is 4.79 Å². The predicted octanol–water partition coefficient (Wildman–Crippen LogP) is 4.33. The predicted molar refractivity (Wildman–Crippen MR) is 139 cm³/mol. The lowest BCUT2D eigenvalue weighted by Gasteiger charge is -2.34. The van der Waals surface area contributed by atoms with Gasteiger partial charge in [-0.2, -0.15) is 10.2 Å². The molecule has 2 aromatic heterocycles. The van der Waals surface area contributed by atoms with Gasteiger partial charge in [-0.3, -0.25) is 9.69 Å². The number of carbonyl (C=O) groups excluding carboxylic acids is 1. The number of hydrogen-bond acceptors (Lipinski definition) is 5. The van der Waals surface area contributed by atoms with Crippen molar-refractivity contribution in [1.29, 1.82) is 0 Å². The van der Waals surface area contributed by atoms with Crippen molar-refractivity contribution in [1.82, 2.24) is 29.4 Å². The normalized spacial score (nSPS) is 14.2. The molecule has 0 bridgehead atoms. The average molecular weight is 505 g/mol. The third-order valence-electron chi connectivity index (χ3n) is 6.53. The topological polar surface area (TPSA) is 68.4 Å². The zero-order valence-electron chi connectivity index (χ0n) is 20.5. The van der Waals surface area contributed by atoms with E-state index in [-0.39, 0.29) is 12.6 Å². The molecule has 0 N–H and O–H groups in total. The Morgan fingerprint density at radius 3 is 2.42 bits per heavy atom. The first kappa shape index (κ1) is 24.1. The molecular formula is C27H29ClN6O2. The van der Waals surface area contributed by atoms with Crippen LogP contribution in [0.1, 0.15) is 27.4 Å². The standard InChI is InChI=1S/C27H29ClN6O2/c1-20-23(21(2)34(29-20)22-8-4-3-5-9-22)18-31-14-16-32(17-15-31)27(35)25-12-13-33(30-25)19-36-26-11-7-6-10-24(26)28/h3-13H,14-19H2,1-2H3. The maximum absolute atomic E-state index is 13.0. The highest BCUT2D eigenvalue weighted by Crippen LogP contribution is 2.23. The Bertz CT molecular complexity index is 1340. The van der Waals surface area contributed by atoms with Gasteiger partial charge in [-0.1, -0.05) is 41.9 Å². The van der Waals surface area contributed by atoms with Gasteiger partial charge in [0.15, 0.2) is 12.4 Å². The van der Waals surface area contributed by atoms with Crippen LogP contribution in [0, 0.1) is 13.8 Å². The number of rotatable bonds is 7. The van der Waals surface area contributed by atoms with Crippen LogP contribution in [0.4, 0.5) is 0 Å². The van der Waals surface area contributed by atoms with Gasteiger partial charge in [0, 0.05) is 50.2 Å². The fourth-order valence-electron chi connectivity index (χ4n) is 4.46. The van der Waals surface area contributed by atoms with E-state index in [0.717, 1.165) is 36.7 Å². The molecule has 0 saturated carbocycles. The molecule has 0 aliphatic carbocycles. The second-order valence-electron chi connectivity index (χ2n) is 8.91. The summed E-state index contributed by atoms with van der Waals surface area (Å²) in [6.45, 7) is 8.11. The Balaban J connectivity index is 1.16. The number of ether oxygens (including phenoxy) is 1. The molecule has 36 heavy (non-hydrogen) atoms. The first-order chi connectivity index (χ1) is 17.5. The number of hydrogen-bond donors (Lipinski definition) is 0. The van der Waals surface area contributed by atoms with Crippen LogP contribution in [-0.2, 0) is 13.3 Å². The van der Waals surface area contributed by atoms with Gasteiger partial charge in [-0.25, -0.2) is 9.36 Å². The average Bonchev–Trinajstić information content (AvgIpc) is 3.49. The Labute approximate surface area is 215 Å². The maximum Gasteiger partial charge on any atom is 0.274 e. The van der Waals surface area contributed by atoms with E-state index in [1.807, 2.05) is 39.9 Å². The number of para-hydroxylation sites is 2. The van der Waals surface area contributed by atoms with Gasteiger partial charge in [0.2, 0.25) is 0 Å². The van der Waals surface area contributed by atoms with Gasteiger partial charge in [0.05, 0.1) is 16.4 Å². The lowest BCUT2D eigenvalue weighted by Crippen LogP contribution is -2.48. The van der Waals surface area contributed by atoms with Crippen LogP contribution in [0.2, 0.25) is 5.02 Å². The van der Waals surface area contributed by atoms with Gasteiger partial charge >= 0.3 is 0 Å². The molecule has 4 aromatic rings. The first-order valence-electron chi connectivity index (χ1n) is 12.0. The second kappa shape index (κ2) is 10.6.